The average molecular weight is 469 g/mol. The number of piperidine rings is 1. The number of nitriles is 1. The molecule has 0 atom stereocenters. The number of aromatic nitrogens is 2. The van der Waals surface area contributed by atoms with Gasteiger partial charge in [-0.1, -0.05) is 6.07 Å². The van der Waals surface area contributed by atoms with Crippen LogP contribution >= 0.6 is 0 Å². The van der Waals surface area contributed by atoms with Crippen LogP contribution in [0.4, 0.5) is 19.0 Å². The quantitative estimate of drug-likeness (QED) is 0.699. The van der Waals surface area contributed by atoms with Gasteiger partial charge in [0.25, 0.3) is 0 Å². The van der Waals surface area contributed by atoms with Gasteiger partial charge in [-0.05, 0) is 38.0 Å². The zero-order valence-corrected chi connectivity index (χ0v) is 18.1. The first-order chi connectivity index (χ1) is 15.0. The molecule has 0 unspecified atom stereocenters. The van der Waals surface area contributed by atoms with Crippen molar-refractivity contribution in [2.24, 2.45) is 5.92 Å². The standard InChI is InChI=1S/C20H22F3N5O3S/c1-14-12-18(28(26-14)9-3-8-24)25-19(29)15-6-10-27(11-7-15)32(30,31)17-5-2-4-16(13-17)20(21,22)23/h2,4-5,12-13,15H,3,6-7,9-11H2,1H3,(H,25,29). The van der Waals surface area contributed by atoms with E-state index in [9.17, 15) is 26.4 Å². The van der Waals surface area contributed by atoms with Gasteiger partial charge in [0, 0.05) is 25.1 Å². The maximum Gasteiger partial charge on any atom is 0.416 e. The lowest BCUT2D eigenvalue weighted by atomic mass is 9.97. The zero-order chi connectivity index (χ0) is 23.5. The van der Waals surface area contributed by atoms with Crippen LogP contribution in [0, 0.1) is 24.2 Å². The third-order valence-corrected chi connectivity index (χ3v) is 7.11. The van der Waals surface area contributed by atoms with Crippen molar-refractivity contribution in [2.45, 2.75) is 43.8 Å². The molecule has 0 bridgehead atoms. The van der Waals surface area contributed by atoms with E-state index in [-0.39, 0.29) is 38.3 Å². The predicted molar refractivity (Wildman–Crippen MR) is 109 cm³/mol. The Hall–Kier alpha value is -2.91. The van der Waals surface area contributed by atoms with Gasteiger partial charge in [-0.15, -0.1) is 0 Å². The molecular weight excluding hydrogens is 447 g/mol. The molecule has 1 aromatic heterocycles. The number of amides is 1. The Bertz CT molecular complexity index is 1130. The smallest absolute Gasteiger partial charge is 0.311 e. The molecule has 172 valence electrons. The lowest BCUT2D eigenvalue weighted by molar-refractivity contribution is -0.137. The molecule has 1 aliphatic heterocycles. The van der Waals surface area contributed by atoms with Gasteiger partial charge in [0.05, 0.1) is 35.2 Å². The van der Waals surface area contributed by atoms with Crippen LogP contribution in [0.5, 0.6) is 0 Å². The second kappa shape index (κ2) is 9.30. The Morgan fingerprint density at radius 1 is 1.28 bits per heavy atom. The van der Waals surface area contributed by atoms with Gasteiger partial charge in [-0.25, -0.2) is 13.1 Å². The molecule has 1 N–H and O–H groups in total. The number of carbonyl (C=O) groups excluding carboxylic acids is 1. The van der Waals surface area contributed by atoms with E-state index in [0.717, 1.165) is 22.5 Å². The van der Waals surface area contributed by atoms with Crippen molar-refractivity contribution in [1.82, 2.24) is 14.1 Å². The summed E-state index contributed by atoms with van der Waals surface area (Å²) in [5.41, 5.74) is -0.351. The van der Waals surface area contributed by atoms with Crippen molar-refractivity contribution in [3.05, 3.63) is 41.6 Å². The summed E-state index contributed by atoms with van der Waals surface area (Å²) in [5, 5.41) is 15.8. The monoisotopic (exact) mass is 469 g/mol. The number of nitrogens with zero attached hydrogens (tertiary/aromatic N) is 4. The number of carbonyl (C=O) groups is 1. The normalized spacial score (nSPS) is 16.0. The average Bonchev–Trinajstić information content (AvgIpc) is 3.10. The third kappa shape index (κ3) is 5.28. The molecule has 0 aliphatic carbocycles. The molecule has 0 saturated carbocycles. The summed E-state index contributed by atoms with van der Waals surface area (Å²) in [6.07, 6.45) is -3.95. The van der Waals surface area contributed by atoms with Gasteiger partial charge >= 0.3 is 6.18 Å². The molecule has 1 aromatic carbocycles. The van der Waals surface area contributed by atoms with Gasteiger partial charge in [-0.3, -0.25) is 4.79 Å². The number of alkyl halides is 3. The lowest BCUT2D eigenvalue weighted by Crippen LogP contribution is -2.41. The molecule has 1 amide bonds. The van der Waals surface area contributed by atoms with Gasteiger partial charge in [0.2, 0.25) is 15.9 Å². The molecule has 2 aromatic rings. The van der Waals surface area contributed by atoms with Crippen LogP contribution < -0.4 is 5.32 Å². The van der Waals surface area contributed by atoms with Crippen LogP contribution in [0.1, 0.15) is 30.5 Å². The minimum absolute atomic E-state index is 0.0172. The summed E-state index contributed by atoms with van der Waals surface area (Å²) < 4.78 is 67.1. The van der Waals surface area contributed by atoms with E-state index in [1.54, 1.807) is 13.0 Å². The summed E-state index contributed by atoms with van der Waals surface area (Å²) >= 11 is 0. The number of aryl methyl sites for hydroxylation is 2. The highest BCUT2D eigenvalue weighted by atomic mass is 32.2. The molecule has 3 rings (SSSR count). The van der Waals surface area contributed by atoms with Crippen LogP contribution in [0.2, 0.25) is 0 Å². The molecule has 32 heavy (non-hydrogen) atoms. The van der Waals surface area contributed by atoms with Crippen LogP contribution in [0.15, 0.2) is 35.2 Å². The largest absolute Gasteiger partial charge is 0.416 e. The Kier molecular flexibility index (Phi) is 6.90. The fourth-order valence-electron chi connectivity index (χ4n) is 3.54. The minimum Gasteiger partial charge on any atom is -0.311 e. The number of sulfonamides is 1. The Morgan fingerprint density at radius 2 is 1.97 bits per heavy atom. The van der Waals surface area contributed by atoms with E-state index in [1.165, 1.54) is 4.68 Å². The van der Waals surface area contributed by atoms with Crippen molar-refractivity contribution in [3.8, 4) is 6.07 Å². The molecule has 1 aliphatic rings. The minimum atomic E-state index is -4.64. The molecule has 1 saturated heterocycles. The second-order valence-electron chi connectivity index (χ2n) is 7.50. The molecule has 2 heterocycles. The number of anilines is 1. The predicted octanol–water partition coefficient (Wildman–Crippen LogP) is 3.16. The second-order valence-corrected chi connectivity index (χ2v) is 9.43. The fraction of sp³-hybridized carbons (Fsp3) is 0.450. The van der Waals surface area contributed by atoms with Crippen molar-refractivity contribution in [3.63, 3.8) is 0 Å². The number of nitrogens with one attached hydrogen (secondary N) is 1. The highest BCUT2D eigenvalue weighted by Gasteiger charge is 2.35. The maximum atomic E-state index is 12.9. The Balaban J connectivity index is 1.65. The molecule has 12 heteroatoms. The SMILES string of the molecule is Cc1cc(NC(=O)C2CCN(S(=O)(=O)c3cccc(C(F)(F)F)c3)CC2)n(CCC#N)n1. The molecule has 0 spiro atoms. The van der Waals surface area contributed by atoms with E-state index in [2.05, 4.69) is 10.4 Å². The highest BCUT2D eigenvalue weighted by molar-refractivity contribution is 7.89. The summed E-state index contributed by atoms with van der Waals surface area (Å²) in [7, 11) is -4.11. The fourth-order valence-corrected chi connectivity index (χ4v) is 5.06. The Morgan fingerprint density at radius 3 is 2.59 bits per heavy atom. The number of rotatable bonds is 6. The molecule has 1 fully saturated rings. The number of benzene rings is 1. The zero-order valence-electron chi connectivity index (χ0n) is 17.3. The molecular formula is C20H22F3N5O3S. The maximum absolute atomic E-state index is 12.9. The van der Waals surface area contributed by atoms with Crippen molar-refractivity contribution >= 4 is 21.7 Å². The van der Waals surface area contributed by atoms with Gasteiger partial charge in [-0.2, -0.15) is 27.8 Å². The first-order valence-corrected chi connectivity index (χ1v) is 11.4. The van der Waals surface area contributed by atoms with Crippen LogP contribution in [0.3, 0.4) is 0 Å². The van der Waals surface area contributed by atoms with Crippen molar-refractivity contribution in [2.75, 3.05) is 18.4 Å². The first-order valence-electron chi connectivity index (χ1n) is 9.92. The van der Waals surface area contributed by atoms with E-state index >= 15 is 0 Å². The van der Waals surface area contributed by atoms with E-state index in [1.807, 2.05) is 6.07 Å². The van der Waals surface area contributed by atoms with Gasteiger partial charge in [0.1, 0.15) is 5.82 Å². The van der Waals surface area contributed by atoms with E-state index in [0.29, 0.717) is 24.1 Å². The molecule has 0 radical (unpaired) electrons. The first kappa shape index (κ1) is 23.7. The van der Waals surface area contributed by atoms with Crippen molar-refractivity contribution < 1.29 is 26.4 Å². The van der Waals surface area contributed by atoms with Crippen molar-refractivity contribution in [1.29, 1.82) is 5.26 Å². The number of hydrogen-bond donors (Lipinski definition) is 1. The lowest BCUT2D eigenvalue weighted by Gasteiger charge is -2.30. The summed E-state index contributed by atoms with van der Waals surface area (Å²) in [6, 6.07) is 7.34. The number of halogens is 3. The topological polar surface area (TPSA) is 108 Å². The summed E-state index contributed by atoms with van der Waals surface area (Å²) in [5.74, 6) is -0.288. The van der Waals surface area contributed by atoms with Crippen LogP contribution in [-0.2, 0) is 27.5 Å². The summed E-state index contributed by atoms with van der Waals surface area (Å²) in [4.78, 5) is 12.2. The van der Waals surface area contributed by atoms with Gasteiger partial charge in [0.15, 0.2) is 0 Å². The van der Waals surface area contributed by atoms with Crippen LogP contribution in [0.25, 0.3) is 0 Å². The highest BCUT2D eigenvalue weighted by Crippen LogP contribution is 2.32. The summed E-state index contributed by atoms with van der Waals surface area (Å²) in [6.45, 7) is 2.12. The third-order valence-electron chi connectivity index (χ3n) is 5.21. The van der Waals surface area contributed by atoms with E-state index in [4.69, 9.17) is 5.26 Å². The van der Waals surface area contributed by atoms with Gasteiger partial charge < -0.3 is 5.32 Å². The Labute approximate surface area is 183 Å². The number of hydrogen-bond acceptors (Lipinski definition) is 5. The van der Waals surface area contributed by atoms with Crippen LogP contribution in [-0.4, -0.2) is 41.5 Å². The van der Waals surface area contributed by atoms with E-state index < -0.39 is 32.6 Å². The molecule has 8 nitrogen and oxygen atoms in total.